The minimum Gasteiger partial charge on any atom is -0.377 e. The fourth-order valence-electron chi connectivity index (χ4n) is 3.99. The molecule has 0 aliphatic carbocycles. The van der Waals surface area contributed by atoms with E-state index in [2.05, 4.69) is 9.97 Å². The fourth-order valence-corrected chi connectivity index (χ4v) is 3.99. The van der Waals surface area contributed by atoms with E-state index >= 15 is 0 Å². The first-order chi connectivity index (χ1) is 15.1. The van der Waals surface area contributed by atoms with E-state index in [-0.39, 0.29) is 30.0 Å². The summed E-state index contributed by atoms with van der Waals surface area (Å²) in [5.41, 5.74) is -0.811. The van der Waals surface area contributed by atoms with Crippen molar-refractivity contribution in [2.75, 3.05) is 36.1 Å². The van der Waals surface area contributed by atoms with Crippen molar-refractivity contribution in [3.8, 4) is 0 Å². The quantitative estimate of drug-likeness (QED) is 0.397. The Morgan fingerprint density at radius 3 is 2.72 bits per heavy atom. The number of ketones is 1. The van der Waals surface area contributed by atoms with Crippen LogP contribution in [0.1, 0.15) is 23.8 Å². The van der Waals surface area contributed by atoms with Gasteiger partial charge in [0, 0.05) is 19.2 Å². The molecule has 1 saturated heterocycles. The lowest BCUT2D eigenvalue weighted by atomic mass is 10.1. The minimum atomic E-state index is -4.67. The first kappa shape index (κ1) is 22.2. The molecule has 4 heterocycles. The van der Waals surface area contributed by atoms with E-state index in [9.17, 15) is 27.2 Å². The fraction of sp³-hybridized carbons (Fsp3) is 0.500. The van der Waals surface area contributed by atoms with E-state index in [0.29, 0.717) is 19.8 Å². The molecule has 8 nitrogen and oxygen atoms in total. The molecule has 0 spiro atoms. The highest BCUT2D eigenvalue weighted by Gasteiger charge is 2.47. The molecule has 172 valence electrons. The number of carbonyl (C=O) groups excluding carboxylic acids is 1. The number of fused-ring (bicyclic) bond motifs is 1. The third kappa shape index (κ3) is 4.31. The smallest absolute Gasteiger partial charge is 0.377 e. The van der Waals surface area contributed by atoms with Gasteiger partial charge in [0.25, 0.3) is 5.56 Å². The van der Waals surface area contributed by atoms with Gasteiger partial charge >= 0.3 is 6.18 Å². The van der Waals surface area contributed by atoms with E-state index in [4.69, 9.17) is 4.74 Å². The van der Waals surface area contributed by atoms with Gasteiger partial charge in [-0.2, -0.15) is 22.5 Å². The second-order valence-electron chi connectivity index (χ2n) is 7.76. The first-order valence-electron chi connectivity index (χ1n) is 10.1. The second kappa shape index (κ2) is 8.49. The summed E-state index contributed by atoms with van der Waals surface area (Å²) in [5.74, 6) is -1.75. The summed E-state index contributed by atoms with van der Waals surface area (Å²) in [6.07, 6.45) is -5.09. The van der Waals surface area contributed by atoms with Crippen LogP contribution in [0.5, 0.6) is 0 Å². The Morgan fingerprint density at radius 1 is 1.25 bits per heavy atom. The number of rotatable bonds is 4. The third-order valence-corrected chi connectivity index (χ3v) is 5.59. The number of hydrogen-bond acceptors (Lipinski definition) is 7. The maximum absolute atomic E-state index is 13.8. The van der Waals surface area contributed by atoms with Gasteiger partial charge in [0.2, 0.25) is 17.7 Å². The highest BCUT2D eigenvalue weighted by atomic mass is 19.4. The van der Waals surface area contributed by atoms with Crippen LogP contribution in [0.4, 0.5) is 29.3 Å². The lowest BCUT2D eigenvalue weighted by Crippen LogP contribution is -2.54. The van der Waals surface area contributed by atoms with Crippen LogP contribution in [0.2, 0.25) is 0 Å². The molecule has 2 aromatic rings. The number of anilines is 2. The van der Waals surface area contributed by atoms with Crippen LogP contribution in [0, 0.1) is 5.95 Å². The number of pyridine rings is 1. The summed E-state index contributed by atoms with van der Waals surface area (Å²) in [6, 6.07) is 2.64. The molecule has 1 fully saturated rings. The van der Waals surface area contributed by atoms with Crippen molar-refractivity contribution < 1.29 is 27.1 Å². The van der Waals surface area contributed by atoms with Crippen molar-refractivity contribution in [3.05, 3.63) is 46.3 Å². The van der Waals surface area contributed by atoms with Crippen molar-refractivity contribution in [1.29, 1.82) is 0 Å². The van der Waals surface area contributed by atoms with Crippen molar-refractivity contribution >= 4 is 17.5 Å². The Labute approximate surface area is 180 Å². The Balaban J connectivity index is 1.76. The molecule has 32 heavy (non-hydrogen) atoms. The standard InChI is InChI=1S/C20H21F4N5O3/c1-12-11-32-8-7-27(12)17-9-18(31)28-6-5-15(20(22,23)24)29(19(28)26-17)10-14(30)13-3-2-4-16(21)25-13/h2-4,9,12,15H,5-8,10-11H2,1H3. The average Bonchev–Trinajstić information content (AvgIpc) is 2.73. The van der Waals surface area contributed by atoms with Gasteiger partial charge in [0.05, 0.1) is 25.8 Å². The van der Waals surface area contributed by atoms with Gasteiger partial charge in [-0.15, -0.1) is 0 Å². The number of Topliss-reactive ketones (excluding diaryl/α,β-unsaturated/α-hetero) is 1. The molecule has 12 heteroatoms. The number of aromatic nitrogens is 3. The van der Waals surface area contributed by atoms with Gasteiger partial charge in [0.15, 0.2) is 0 Å². The van der Waals surface area contributed by atoms with E-state index in [1.165, 1.54) is 18.2 Å². The van der Waals surface area contributed by atoms with E-state index < -0.39 is 42.5 Å². The number of hydrogen-bond donors (Lipinski definition) is 0. The lowest BCUT2D eigenvalue weighted by Gasteiger charge is -2.40. The lowest BCUT2D eigenvalue weighted by molar-refractivity contribution is -0.152. The van der Waals surface area contributed by atoms with Crippen LogP contribution in [-0.2, 0) is 11.3 Å². The van der Waals surface area contributed by atoms with Crippen LogP contribution < -0.4 is 15.4 Å². The molecule has 2 aliphatic rings. The van der Waals surface area contributed by atoms with E-state index in [0.717, 1.165) is 15.5 Å². The Hall–Kier alpha value is -3.02. The zero-order valence-corrected chi connectivity index (χ0v) is 17.2. The van der Waals surface area contributed by atoms with Gasteiger partial charge in [-0.05, 0) is 25.5 Å². The van der Waals surface area contributed by atoms with Crippen molar-refractivity contribution in [1.82, 2.24) is 14.5 Å². The SMILES string of the molecule is CC1COCCN1c1cc(=O)n2c(n1)N(CC(=O)c1cccc(F)n1)C(C(F)(F)F)CC2. The van der Waals surface area contributed by atoms with Crippen LogP contribution in [0.15, 0.2) is 29.1 Å². The van der Waals surface area contributed by atoms with Crippen molar-refractivity contribution in [2.24, 2.45) is 0 Å². The number of carbonyl (C=O) groups is 1. The number of nitrogens with zero attached hydrogens (tertiary/aromatic N) is 5. The predicted molar refractivity (Wildman–Crippen MR) is 106 cm³/mol. The molecule has 0 N–H and O–H groups in total. The third-order valence-electron chi connectivity index (χ3n) is 5.59. The van der Waals surface area contributed by atoms with Crippen LogP contribution in [-0.4, -0.2) is 64.9 Å². The van der Waals surface area contributed by atoms with Crippen LogP contribution >= 0.6 is 0 Å². The monoisotopic (exact) mass is 455 g/mol. The van der Waals surface area contributed by atoms with Gasteiger partial charge in [-0.1, -0.05) is 6.07 Å². The van der Waals surface area contributed by atoms with E-state index in [1.54, 1.807) is 4.90 Å². The van der Waals surface area contributed by atoms with Gasteiger partial charge in [-0.25, -0.2) is 4.98 Å². The maximum atomic E-state index is 13.8. The largest absolute Gasteiger partial charge is 0.408 e. The predicted octanol–water partition coefficient (Wildman–Crippen LogP) is 2.03. The Morgan fingerprint density at radius 2 is 2.03 bits per heavy atom. The second-order valence-corrected chi connectivity index (χ2v) is 7.76. The first-order valence-corrected chi connectivity index (χ1v) is 10.1. The summed E-state index contributed by atoms with van der Waals surface area (Å²) in [6.45, 7) is 2.11. The normalized spacial score (nSPS) is 21.4. The van der Waals surface area contributed by atoms with Crippen LogP contribution in [0.3, 0.4) is 0 Å². The maximum Gasteiger partial charge on any atom is 0.408 e. The number of halogens is 4. The number of morpholine rings is 1. The van der Waals surface area contributed by atoms with Gasteiger partial charge in [0.1, 0.15) is 17.6 Å². The molecule has 0 aromatic carbocycles. The Kier molecular flexibility index (Phi) is 5.89. The summed E-state index contributed by atoms with van der Waals surface area (Å²) in [5, 5.41) is 0. The highest BCUT2D eigenvalue weighted by molar-refractivity contribution is 5.97. The van der Waals surface area contributed by atoms with Crippen LogP contribution in [0.25, 0.3) is 0 Å². The zero-order chi connectivity index (χ0) is 23.0. The molecule has 2 atom stereocenters. The molecule has 2 unspecified atom stereocenters. The molecule has 0 bridgehead atoms. The molecular weight excluding hydrogens is 434 g/mol. The molecule has 0 amide bonds. The highest BCUT2D eigenvalue weighted by Crippen LogP contribution is 2.34. The summed E-state index contributed by atoms with van der Waals surface area (Å²) >= 11 is 0. The summed E-state index contributed by atoms with van der Waals surface area (Å²) in [4.78, 5) is 35.8. The van der Waals surface area contributed by atoms with Crippen molar-refractivity contribution in [3.63, 3.8) is 0 Å². The molecule has 2 aromatic heterocycles. The average molecular weight is 455 g/mol. The molecule has 2 aliphatic heterocycles. The molecule has 0 radical (unpaired) electrons. The Bertz CT molecular complexity index is 1070. The van der Waals surface area contributed by atoms with Gasteiger partial charge < -0.3 is 14.5 Å². The zero-order valence-electron chi connectivity index (χ0n) is 17.2. The van der Waals surface area contributed by atoms with E-state index in [1.807, 2.05) is 6.92 Å². The van der Waals surface area contributed by atoms with Crippen molar-refractivity contribution in [2.45, 2.75) is 38.1 Å². The summed E-state index contributed by atoms with van der Waals surface area (Å²) < 4.78 is 61.5. The minimum absolute atomic E-state index is 0.132. The topological polar surface area (TPSA) is 80.6 Å². The molecular formula is C20H21F4N5O3. The number of ether oxygens (including phenoxy) is 1. The molecule has 4 rings (SSSR count). The number of alkyl halides is 3. The summed E-state index contributed by atoms with van der Waals surface area (Å²) in [7, 11) is 0. The molecule has 0 saturated carbocycles. The van der Waals surface area contributed by atoms with Gasteiger partial charge in [-0.3, -0.25) is 14.2 Å².